The first-order valence-electron chi connectivity index (χ1n) is 8.61. The van der Waals surface area contributed by atoms with E-state index in [1.807, 2.05) is 11.8 Å². The molecule has 1 atom stereocenters. The van der Waals surface area contributed by atoms with E-state index in [-0.39, 0.29) is 17.8 Å². The Bertz CT molecular complexity index is 972. The van der Waals surface area contributed by atoms with Gasteiger partial charge in [-0.25, -0.2) is 4.39 Å². The molecule has 2 heterocycles. The van der Waals surface area contributed by atoms with Gasteiger partial charge < -0.3 is 9.88 Å². The number of aromatic amines is 1. The molecule has 1 saturated heterocycles. The average molecular weight is 336 g/mol. The summed E-state index contributed by atoms with van der Waals surface area (Å²) in [6.45, 7) is 6.86. The predicted molar refractivity (Wildman–Crippen MR) is 97.3 cm³/mol. The molecule has 3 aromatic rings. The number of nitrogens with zero attached hydrogens (tertiary/aromatic N) is 1. The fourth-order valence-corrected chi connectivity index (χ4v) is 3.80. The van der Waals surface area contributed by atoms with Crippen LogP contribution in [0.5, 0.6) is 0 Å². The van der Waals surface area contributed by atoms with E-state index in [1.54, 1.807) is 12.1 Å². The van der Waals surface area contributed by atoms with Crippen LogP contribution < -0.4 is 0 Å². The molecule has 0 aliphatic carbocycles. The van der Waals surface area contributed by atoms with E-state index in [2.05, 4.69) is 31.0 Å². The molecule has 0 spiro atoms. The number of carbonyl (C=O) groups excluding carboxylic acids is 1. The number of carbonyl (C=O) groups is 1. The topological polar surface area (TPSA) is 36.1 Å². The Morgan fingerprint density at radius 3 is 2.52 bits per heavy atom. The number of amides is 1. The zero-order valence-corrected chi connectivity index (χ0v) is 14.7. The Balaban J connectivity index is 1.69. The van der Waals surface area contributed by atoms with Gasteiger partial charge in [0.05, 0.1) is 6.04 Å². The van der Waals surface area contributed by atoms with Crippen LogP contribution in [-0.4, -0.2) is 22.3 Å². The highest BCUT2D eigenvalue weighted by atomic mass is 19.1. The van der Waals surface area contributed by atoms with E-state index in [1.165, 1.54) is 17.7 Å². The summed E-state index contributed by atoms with van der Waals surface area (Å²) in [5, 5.41) is 1.11. The summed E-state index contributed by atoms with van der Waals surface area (Å²) >= 11 is 0. The molecule has 3 nitrogen and oxygen atoms in total. The quantitative estimate of drug-likeness (QED) is 0.715. The summed E-state index contributed by atoms with van der Waals surface area (Å²) < 4.78 is 13.1. The van der Waals surface area contributed by atoms with Crippen LogP contribution in [0.15, 0.2) is 36.4 Å². The molecule has 1 aliphatic heterocycles. The van der Waals surface area contributed by atoms with Crippen LogP contribution in [0.25, 0.3) is 10.9 Å². The highest BCUT2D eigenvalue weighted by molar-refractivity contribution is 6.02. The van der Waals surface area contributed by atoms with Crippen molar-refractivity contribution in [3.05, 3.63) is 70.2 Å². The second kappa shape index (κ2) is 5.73. The third-order valence-electron chi connectivity index (χ3n) is 5.26. The van der Waals surface area contributed by atoms with Gasteiger partial charge in [0.2, 0.25) is 0 Å². The molecule has 1 aromatic heterocycles. The summed E-state index contributed by atoms with van der Waals surface area (Å²) in [5.41, 5.74) is 6.02. The van der Waals surface area contributed by atoms with E-state index in [4.69, 9.17) is 0 Å². The largest absolute Gasteiger partial charge is 0.350 e. The standard InChI is InChI=1S/C21H21FN2O/c1-12-10-13(2)19-17(11-12)14(3)20(23-19)21(25)24-9-8-18(24)15-4-6-16(22)7-5-15/h4-7,10-11,18,23H,8-9H2,1-3H3/t18-/m0/s1. The number of halogens is 1. The van der Waals surface area contributed by atoms with Crippen molar-refractivity contribution in [2.75, 3.05) is 6.54 Å². The molecular formula is C21H21FN2O. The van der Waals surface area contributed by atoms with E-state index in [9.17, 15) is 9.18 Å². The lowest BCUT2D eigenvalue weighted by Crippen LogP contribution is -2.45. The minimum atomic E-state index is -0.252. The third kappa shape index (κ3) is 2.53. The van der Waals surface area contributed by atoms with E-state index < -0.39 is 0 Å². The lowest BCUT2D eigenvalue weighted by Gasteiger charge is -2.41. The van der Waals surface area contributed by atoms with Crippen molar-refractivity contribution in [3.63, 3.8) is 0 Å². The van der Waals surface area contributed by atoms with Gasteiger partial charge in [-0.1, -0.05) is 23.8 Å². The van der Waals surface area contributed by atoms with Crippen molar-refractivity contribution in [2.24, 2.45) is 0 Å². The number of hydrogen-bond acceptors (Lipinski definition) is 1. The van der Waals surface area contributed by atoms with Gasteiger partial charge >= 0.3 is 0 Å². The summed E-state index contributed by atoms with van der Waals surface area (Å²) in [4.78, 5) is 18.3. The Morgan fingerprint density at radius 2 is 1.88 bits per heavy atom. The third-order valence-corrected chi connectivity index (χ3v) is 5.26. The highest BCUT2D eigenvalue weighted by Crippen LogP contribution is 2.36. The predicted octanol–water partition coefficient (Wildman–Crippen LogP) is 4.82. The maximum atomic E-state index is 13.1. The van der Waals surface area contributed by atoms with Gasteiger partial charge in [0.1, 0.15) is 11.5 Å². The molecule has 4 rings (SSSR count). The summed E-state index contributed by atoms with van der Waals surface area (Å²) in [6.07, 6.45) is 0.911. The Morgan fingerprint density at radius 1 is 1.16 bits per heavy atom. The second-order valence-corrected chi connectivity index (χ2v) is 6.98. The number of fused-ring (bicyclic) bond motifs is 1. The fraction of sp³-hybridized carbons (Fsp3) is 0.286. The van der Waals surface area contributed by atoms with Crippen LogP contribution in [0, 0.1) is 26.6 Å². The summed E-state index contributed by atoms with van der Waals surface area (Å²) in [5.74, 6) is -0.232. The molecular weight excluding hydrogens is 315 g/mol. The fourth-order valence-electron chi connectivity index (χ4n) is 3.80. The Hall–Kier alpha value is -2.62. The molecule has 1 fully saturated rings. The lowest BCUT2D eigenvalue weighted by molar-refractivity contribution is 0.0454. The van der Waals surface area contributed by atoms with Crippen molar-refractivity contribution >= 4 is 16.8 Å². The molecule has 0 saturated carbocycles. The molecule has 0 unspecified atom stereocenters. The van der Waals surface area contributed by atoms with Crippen LogP contribution >= 0.6 is 0 Å². The van der Waals surface area contributed by atoms with Gasteiger partial charge in [0.15, 0.2) is 0 Å². The first-order valence-corrected chi connectivity index (χ1v) is 8.61. The minimum Gasteiger partial charge on any atom is -0.350 e. The van der Waals surface area contributed by atoms with Crippen molar-refractivity contribution in [2.45, 2.75) is 33.2 Å². The van der Waals surface area contributed by atoms with Crippen LogP contribution in [0.1, 0.15) is 45.2 Å². The van der Waals surface area contributed by atoms with E-state index in [0.29, 0.717) is 5.69 Å². The van der Waals surface area contributed by atoms with Crippen LogP contribution in [0.2, 0.25) is 0 Å². The number of benzene rings is 2. The molecule has 2 aromatic carbocycles. The number of H-pyrrole nitrogens is 1. The van der Waals surface area contributed by atoms with Gasteiger partial charge in [-0.2, -0.15) is 0 Å². The number of aromatic nitrogens is 1. The second-order valence-electron chi connectivity index (χ2n) is 6.98. The van der Waals surface area contributed by atoms with Gasteiger partial charge in [-0.15, -0.1) is 0 Å². The number of rotatable bonds is 2. The summed E-state index contributed by atoms with van der Waals surface area (Å²) in [7, 11) is 0. The van der Waals surface area contributed by atoms with Crippen molar-refractivity contribution < 1.29 is 9.18 Å². The zero-order valence-electron chi connectivity index (χ0n) is 14.7. The Kier molecular flexibility index (Phi) is 3.64. The Labute approximate surface area is 146 Å². The van der Waals surface area contributed by atoms with Crippen molar-refractivity contribution in [1.29, 1.82) is 0 Å². The number of aryl methyl sites for hydroxylation is 3. The summed E-state index contributed by atoms with van der Waals surface area (Å²) in [6, 6.07) is 10.7. The van der Waals surface area contributed by atoms with Crippen molar-refractivity contribution in [3.8, 4) is 0 Å². The average Bonchev–Trinajstić information content (AvgIpc) is 2.86. The van der Waals surface area contributed by atoms with Gasteiger partial charge in [-0.05, 0) is 62.1 Å². The van der Waals surface area contributed by atoms with Crippen LogP contribution in [0.4, 0.5) is 4.39 Å². The molecule has 4 heteroatoms. The van der Waals surface area contributed by atoms with Gasteiger partial charge in [0, 0.05) is 17.4 Å². The first-order chi connectivity index (χ1) is 12.0. The highest BCUT2D eigenvalue weighted by Gasteiger charge is 2.35. The number of nitrogens with one attached hydrogen (secondary N) is 1. The maximum absolute atomic E-state index is 13.1. The SMILES string of the molecule is Cc1cc(C)c2[nH]c(C(=O)N3CC[C@H]3c3ccc(F)cc3)c(C)c2c1. The maximum Gasteiger partial charge on any atom is 0.271 e. The normalized spacial score (nSPS) is 17.0. The molecule has 0 bridgehead atoms. The smallest absolute Gasteiger partial charge is 0.271 e. The van der Waals surface area contributed by atoms with Crippen LogP contribution in [0.3, 0.4) is 0 Å². The van der Waals surface area contributed by atoms with Gasteiger partial charge in [-0.3, -0.25) is 4.79 Å². The minimum absolute atomic E-state index is 0.0197. The van der Waals surface area contributed by atoms with Crippen molar-refractivity contribution in [1.82, 2.24) is 9.88 Å². The first kappa shape index (κ1) is 15.9. The zero-order chi connectivity index (χ0) is 17.7. The van der Waals surface area contributed by atoms with E-state index in [0.717, 1.165) is 40.6 Å². The molecule has 1 amide bonds. The molecule has 25 heavy (non-hydrogen) atoms. The van der Waals surface area contributed by atoms with E-state index >= 15 is 0 Å². The molecule has 1 aliphatic rings. The number of hydrogen-bond donors (Lipinski definition) is 1. The van der Waals surface area contributed by atoms with Gasteiger partial charge in [0.25, 0.3) is 5.91 Å². The lowest BCUT2D eigenvalue weighted by atomic mass is 9.94. The number of likely N-dealkylation sites (tertiary alicyclic amines) is 1. The molecule has 128 valence electrons. The monoisotopic (exact) mass is 336 g/mol. The van der Waals surface area contributed by atoms with Crippen LogP contribution in [-0.2, 0) is 0 Å². The molecule has 0 radical (unpaired) electrons. The molecule has 1 N–H and O–H groups in total.